The predicted octanol–water partition coefficient (Wildman–Crippen LogP) is 0.703. The minimum atomic E-state index is 0.0221. The van der Waals surface area contributed by atoms with Crippen molar-refractivity contribution in [2.75, 3.05) is 39.3 Å². The van der Waals surface area contributed by atoms with Crippen LogP contribution in [-0.4, -0.2) is 55.0 Å². The lowest BCUT2D eigenvalue weighted by Gasteiger charge is -2.33. The van der Waals surface area contributed by atoms with Crippen molar-refractivity contribution in [3.05, 3.63) is 0 Å². The van der Waals surface area contributed by atoms with Crippen molar-refractivity contribution < 1.29 is 4.79 Å². The van der Waals surface area contributed by atoms with Crippen molar-refractivity contribution >= 4 is 5.91 Å². The molecule has 1 saturated heterocycles. The fourth-order valence-corrected chi connectivity index (χ4v) is 2.79. The van der Waals surface area contributed by atoms with Crippen LogP contribution >= 0.6 is 0 Å². The monoisotopic (exact) mass is 291 g/mol. The molecule has 0 aromatic carbocycles. The van der Waals surface area contributed by atoms with Gasteiger partial charge in [-0.1, -0.05) is 0 Å². The van der Waals surface area contributed by atoms with Crippen LogP contribution < -0.4 is 5.73 Å². The van der Waals surface area contributed by atoms with Crippen LogP contribution in [0, 0.1) is 28.6 Å². The molecule has 1 amide bonds. The minimum Gasteiger partial charge on any atom is -0.340 e. The average molecular weight is 291 g/mol. The van der Waals surface area contributed by atoms with Crippen molar-refractivity contribution in [2.24, 2.45) is 11.7 Å². The zero-order chi connectivity index (χ0) is 15.5. The summed E-state index contributed by atoms with van der Waals surface area (Å²) in [6, 6.07) is 4.11. The van der Waals surface area contributed by atoms with Crippen LogP contribution in [0.2, 0.25) is 0 Å². The van der Waals surface area contributed by atoms with Crippen LogP contribution in [0.4, 0.5) is 0 Å². The van der Waals surface area contributed by atoms with Gasteiger partial charge in [0.1, 0.15) is 0 Å². The van der Waals surface area contributed by atoms with Gasteiger partial charge in [0.25, 0.3) is 0 Å². The van der Waals surface area contributed by atoms with E-state index >= 15 is 0 Å². The van der Waals surface area contributed by atoms with Gasteiger partial charge < -0.3 is 10.6 Å². The summed E-state index contributed by atoms with van der Waals surface area (Å²) < 4.78 is 0. The summed E-state index contributed by atoms with van der Waals surface area (Å²) in [7, 11) is 0. The molecule has 0 aromatic heterocycles. The normalized spacial score (nSPS) is 18.7. The standard InChI is InChI=1S/C15H25N5O/c16-6-2-10-20(11-3-7-17)15(21)13-19-9-1-4-14(12-19)5-8-18/h14H,1-5,8-13,18H2. The first-order valence-electron chi connectivity index (χ1n) is 7.65. The highest BCUT2D eigenvalue weighted by Crippen LogP contribution is 2.18. The summed E-state index contributed by atoms with van der Waals surface area (Å²) in [6.45, 7) is 3.78. The van der Waals surface area contributed by atoms with E-state index in [-0.39, 0.29) is 5.91 Å². The van der Waals surface area contributed by atoms with Gasteiger partial charge >= 0.3 is 0 Å². The molecule has 2 N–H and O–H groups in total. The number of amides is 1. The van der Waals surface area contributed by atoms with Crippen LogP contribution in [0.25, 0.3) is 0 Å². The van der Waals surface area contributed by atoms with Gasteiger partial charge in [0.2, 0.25) is 5.91 Å². The van der Waals surface area contributed by atoms with Crippen molar-refractivity contribution in [1.29, 1.82) is 10.5 Å². The number of piperidine rings is 1. The van der Waals surface area contributed by atoms with Gasteiger partial charge in [-0.15, -0.1) is 0 Å². The molecule has 0 aliphatic carbocycles. The molecule has 0 bridgehead atoms. The lowest BCUT2D eigenvalue weighted by Crippen LogP contribution is -2.45. The third-order valence-corrected chi connectivity index (χ3v) is 3.88. The molecule has 1 fully saturated rings. The van der Waals surface area contributed by atoms with Gasteiger partial charge in [-0.2, -0.15) is 10.5 Å². The SMILES string of the molecule is N#CCCN(CCC#N)C(=O)CN1CCCC(CCN)C1. The first-order chi connectivity index (χ1) is 10.2. The van der Waals surface area contributed by atoms with Crippen LogP contribution in [0.1, 0.15) is 32.1 Å². The summed E-state index contributed by atoms with van der Waals surface area (Å²) in [4.78, 5) is 16.1. The quantitative estimate of drug-likeness (QED) is 0.710. The summed E-state index contributed by atoms with van der Waals surface area (Å²) in [5, 5.41) is 17.3. The third-order valence-electron chi connectivity index (χ3n) is 3.88. The molecule has 1 unspecified atom stereocenters. The Kier molecular flexibility index (Phi) is 8.42. The number of nitrogens with zero attached hydrogens (tertiary/aromatic N) is 4. The Balaban J connectivity index is 2.47. The fraction of sp³-hybridized carbons (Fsp3) is 0.800. The van der Waals surface area contributed by atoms with Crippen LogP contribution in [-0.2, 0) is 4.79 Å². The molecule has 0 saturated carbocycles. The molecular formula is C15H25N5O. The van der Waals surface area contributed by atoms with Crippen molar-refractivity contribution in [3.8, 4) is 12.1 Å². The summed E-state index contributed by atoms with van der Waals surface area (Å²) in [5.41, 5.74) is 5.61. The second-order valence-corrected chi connectivity index (χ2v) is 5.52. The number of rotatable bonds is 8. The highest BCUT2D eigenvalue weighted by Gasteiger charge is 2.23. The molecule has 21 heavy (non-hydrogen) atoms. The second-order valence-electron chi connectivity index (χ2n) is 5.52. The number of carbonyl (C=O) groups excluding carboxylic acids is 1. The topological polar surface area (TPSA) is 97.1 Å². The molecule has 1 heterocycles. The molecular weight excluding hydrogens is 266 g/mol. The van der Waals surface area contributed by atoms with Gasteiger partial charge in [0, 0.05) is 19.6 Å². The summed E-state index contributed by atoms with van der Waals surface area (Å²) >= 11 is 0. The van der Waals surface area contributed by atoms with Crippen LogP contribution in [0.15, 0.2) is 0 Å². The summed E-state index contributed by atoms with van der Waals surface area (Å²) in [5.74, 6) is 0.608. The van der Waals surface area contributed by atoms with E-state index in [1.54, 1.807) is 4.90 Å². The first-order valence-corrected chi connectivity index (χ1v) is 7.65. The zero-order valence-electron chi connectivity index (χ0n) is 12.6. The van der Waals surface area contributed by atoms with Gasteiger partial charge in [0.05, 0.1) is 31.5 Å². The molecule has 0 spiro atoms. The minimum absolute atomic E-state index is 0.0221. The Morgan fingerprint density at radius 1 is 1.29 bits per heavy atom. The van der Waals surface area contributed by atoms with Crippen LogP contribution in [0.3, 0.4) is 0 Å². The van der Waals surface area contributed by atoms with E-state index in [1.807, 2.05) is 0 Å². The molecule has 1 aliphatic rings. The molecule has 0 radical (unpaired) electrons. The Morgan fingerprint density at radius 2 is 1.95 bits per heavy atom. The van der Waals surface area contributed by atoms with Crippen molar-refractivity contribution in [1.82, 2.24) is 9.80 Å². The van der Waals surface area contributed by atoms with Gasteiger partial charge in [-0.25, -0.2) is 0 Å². The fourth-order valence-electron chi connectivity index (χ4n) is 2.79. The van der Waals surface area contributed by atoms with Crippen molar-refractivity contribution in [2.45, 2.75) is 32.1 Å². The molecule has 1 aliphatic heterocycles. The molecule has 6 nitrogen and oxygen atoms in total. The smallest absolute Gasteiger partial charge is 0.236 e. The van der Waals surface area contributed by atoms with E-state index in [4.69, 9.17) is 16.3 Å². The number of likely N-dealkylation sites (tertiary alicyclic amines) is 1. The summed E-state index contributed by atoms with van der Waals surface area (Å²) in [6.07, 6.45) is 3.93. The second kappa shape index (κ2) is 10.1. The third kappa shape index (κ3) is 6.57. The molecule has 6 heteroatoms. The number of carbonyl (C=O) groups is 1. The molecule has 1 rings (SSSR count). The van der Waals surface area contributed by atoms with Gasteiger partial charge in [-0.3, -0.25) is 9.69 Å². The van der Waals surface area contributed by atoms with E-state index < -0.39 is 0 Å². The zero-order valence-corrected chi connectivity index (χ0v) is 12.6. The van der Waals surface area contributed by atoms with E-state index in [9.17, 15) is 4.79 Å². The highest BCUT2D eigenvalue weighted by molar-refractivity contribution is 5.78. The molecule has 1 atom stereocenters. The van der Waals surface area contributed by atoms with Gasteiger partial charge in [0.15, 0.2) is 0 Å². The molecule has 0 aromatic rings. The van der Waals surface area contributed by atoms with E-state index in [0.29, 0.717) is 44.9 Å². The highest BCUT2D eigenvalue weighted by atomic mass is 16.2. The number of nitriles is 2. The number of nitrogens with two attached hydrogens (primary N) is 1. The van der Waals surface area contributed by atoms with Gasteiger partial charge in [-0.05, 0) is 38.3 Å². The molecule has 116 valence electrons. The number of hydrogen-bond acceptors (Lipinski definition) is 5. The predicted molar refractivity (Wildman–Crippen MR) is 79.9 cm³/mol. The van der Waals surface area contributed by atoms with Crippen LogP contribution in [0.5, 0.6) is 0 Å². The lowest BCUT2D eigenvalue weighted by molar-refractivity contribution is -0.132. The average Bonchev–Trinajstić information content (AvgIpc) is 2.48. The van der Waals surface area contributed by atoms with E-state index in [1.165, 1.54) is 6.42 Å². The Labute approximate surface area is 127 Å². The Hall–Kier alpha value is -1.63. The number of hydrogen-bond donors (Lipinski definition) is 1. The largest absolute Gasteiger partial charge is 0.340 e. The van der Waals surface area contributed by atoms with Crippen molar-refractivity contribution in [3.63, 3.8) is 0 Å². The van der Waals surface area contributed by atoms with E-state index in [2.05, 4.69) is 17.0 Å². The maximum absolute atomic E-state index is 12.3. The maximum Gasteiger partial charge on any atom is 0.236 e. The Morgan fingerprint density at radius 3 is 2.52 bits per heavy atom. The first kappa shape index (κ1) is 17.4. The maximum atomic E-state index is 12.3. The Bertz CT molecular complexity index is 378. The van der Waals surface area contributed by atoms with E-state index in [0.717, 1.165) is 25.9 Å². The lowest BCUT2D eigenvalue weighted by atomic mass is 9.95.